The van der Waals surface area contributed by atoms with E-state index >= 15 is 0 Å². The van der Waals surface area contributed by atoms with E-state index in [0.717, 1.165) is 21.0 Å². The summed E-state index contributed by atoms with van der Waals surface area (Å²) in [7, 11) is -2.26. The van der Waals surface area contributed by atoms with Gasteiger partial charge in [-0.05, 0) is 60.0 Å². The van der Waals surface area contributed by atoms with Crippen LogP contribution in [0, 0.1) is 0 Å². The fraction of sp³-hybridized carbons (Fsp3) is 0.0400. The summed E-state index contributed by atoms with van der Waals surface area (Å²) in [5, 5.41) is 5.46. The van der Waals surface area contributed by atoms with Gasteiger partial charge in [0.1, 0.15) is 5.75 Å². The van der Waals surface area contributed by atoms with Crippen molar-refractivity contribution in [3.8, 4) is 5.75 Å². The van der Waals surface area contributed by atoms with Gasteiger partial charge < -0.3 is 4.74 Å². The Balaban J connectivity index is 1.31. The van der Waals surface area contributed by atoms with Crippen molar-refractivity contribution in [3.05, 3.63) is 90.5 Å². The zero-order chi connectivity index (χ0) is 23.7. The van der Waals surface area contributed by atoms with Crippen molar-refractivity contribution in [1.82, 2.24) is 4.98 Å². The number of aromatic nitrogens is 1. The Hall–Kier alpha value is -3.95. The zero-order valence-electron chi connectivity index (χ0n) is 18.0. The Morgan fingerprint density at radius 1 is 0.912 bits per heavy atom. The number of carbonyl (C=O) groups is 1. The van der Waals surface area contributed by atoms with Gasteiger partial charge in [-0.2, -0.15) is 0 Å². The summed E-state index contributed by atoms with van der Waals surface area (Å²) in [5.74, 6) is 0.239. The summed E-state index contributed by atoms with van der Waals surface area (Å²) >= 11 is 1.40. The molecule has 0 atom stereocenters. The largest absolute Gasteiger partial charge is 0.497 e. The summed E-state index contributed by atoms with van der Waals surface area (Å²) in [6.07, 6.45) is 0. The molecule has 7 nitrogen and oxygen atoms in total. The standard InChI is InChI=1S/C25H19N3O4S2/c1-32-19-11-13-20(14-12-19)34(30,31)28-18-9-6-17(7-10-18)24(29)27-25-26-23-21-5-3-2-4-16(21)8-15-22(23)33-25/h2-15,28H,1H3,(H,26,27,29). The third-order valence-corrected chi connectivity index (χ3v) is 7.61. The van der Waals surface area contributed by atoms with Gasteiger partial charge in [-0.3, -0.25) is 14.8 Å². The lowest BCUT2D eigenvalue weighted by atomic mass is 10.1. The number of thiazole rings is 1. The van der Waals surface area contributed by atoms with Gasteiger partial charge in [0.2, 0.25) is 0 Å². The molecule has 2 N–H and O–H groups in total. The van der Waals surface area contributed by atoms with Crippen molar-refractivity contribution in [3.63, 3.8) is 0 Å². The number of carbonyl (C=O) groups excluding carboxylic acids is 1. The van der Waals surface area contributed by atoms with Crippen LogP contribution in [0.5, 0.6) is 5.75 Å². The van der Waals surface area contributed by atoms with Crippen LogP contribution in [0.15, 0.2) is 89.8 Å². The number of anilines is 2. The van der Waals surface area contributed by atoms with Crippen molar-refractivity contribution in [2.24, 2.45) is 0 Å². The Morgan fingerprint density at radius 3 is 2.38 bits per heavy atom. The second-order valence-electron chi connectivity index (χ2n) is 7.46. The molecule has 0 aliphatic rings. The maximum Gasteiger partial charge on any atom is 0.261 e. The Morgan fingerprint density at radius 2 is 1.65 bits per heavy atom. The molecular formula is C25H19N3O4S2. The first-order valence-corrected chi connectivity index (χ1v) is 12.6. The number of methoxy groups -OCH3 is 1. The van der Waals surface area contributed by atoms with Crippen LogP contribution in [0.3, 0.4) is 0 Å². The summed E-state index contributed by atoms with van der Waals surface area (Å²) in [5.41, 5.74) is 1.58. The molecule has 5 aromatic rings. The van der Waals surface area contributed by atoms with Crippen molar-refractivity contribution >= 4 is 59.1 Å². The molecule has 1 amide bonds. The molecule has 4 aromatic carbocycles. The summed E-state index contributed by atoms with van der Waals surface area (Å²) < 4.78 is 33.8. The average Bonchev–Trinajstić information content (AvgIpc) is 3.27. The predicted molar refractivity (Wildman–Crippen MR) is 135 cm³/mol. The third-order valence-electron chi connectivity index (χ3n) is 5.27. The molecule has 170 valence electrons. The maximum absolute atomic E-state index is 12.7. The second kappa shape index (κ2) is 8.77. The molecular weight excluding hydrogens is 470 g/mol. The minimum Gasteiger partial charge on any atom is -0.497 e. The lowest BCUT2D eigenvalue weighted by Crippen LogP contribution is -2.14. The van der Waals surface area contributed by atoms with Crippen LogP contribution in [0.4, 0.5) is 10.8 Å². The highest BCUT2D eigenvalue weighted by molar-refractivity contribution is 7.92. The predicted octanol–water partition coefficient (Wildman–Crippen LogP) is 5.51. The van der Waals surface area contributed by atoms with Gasteiger partial charge in [-0.25, -0.2) is 13.4 Å². The highest BCUT2D eigenvalue weighted by Crippen LogP contribution is 2.32. The highest BCUT2D eigenvalue weighted by Gasteiger charge is 2.16. The fourth-order valence-electron chi connectivity index (χ4n) is 3.54. The van der Waals surface area contributed by atoms with E-state index in [1.807, 2.05) is 36.4 Å². The number of nitrogens with zero attached hydrogens (tertiary/aromatic N) is 1. The number of benzene rings is 4. The maximum atomic E-state index is 12.7. The quantitative estimate of drug-likeness (QED) is 0.328. The van der Waals surface area contributed by atoms with E-state index in [0.29, 0.717) is 22.1 Å². The lowest BCUT2D eigenvalue weighted by Gasteiger charge is -2.09. The van der Waals surface area contributed by atoms with E-state index in [9.17, 15) is 13.2 Å². The minimum absolute atomic E-state index is 0.110. The van der Waals surface area contributed by atoms with Crippen LogP contribution in [0.2, 0.25) is 0 Å². The number of hydrogen-bond donors (Lipinski definition) is 2. The van der Waals surface area contributed by atoms with Gasteiger partial charge in [-0.15, -0.1) is 0 Å². The van der Waals surface area contributed by atoms with Gasteiger partial charge in [0, 0.05) is 16.6 Å². The average molecular weight is 490 g/mol. The van der Waals surface area contributed by atoms with Crippen molar-refractivity contribution in [2.75, 3.05) is 17.1 Å². The molecule has 1 heterocycles. The second-order valence-corrected chi connectivity index (χ2v) is 10.2. The molecule has 5 rings (SSSR count). The smallest absolute Gasteiger partial charge is 0.261 e. The first kappa shape index (κ1) is 21.9. The van der Waals surface area contributed by atoms with Crippen LogP contribution in [0.25, 0.3) is 21.0 Å². The van der Waals surface area contributed by atoms with Gasteiger partial charge >= 0.3 is 0 Å². The summed E-state index contributed by atoms with van der Waals surface area (Å²) in [4.78, 5) is 17.5. The van der Waals surface area contributed by atoms with E-state index < -0.39 is 10.0 Å². The molecule has 0 saturated carbocycles. The molecule has 0 radical (unpaired) electrons. The number of hydrogen-bond acceptors (Lipinski definition) is 6. The van der Waals surface area contributed by atoms with Crippen molar-refractivity contribution in [2.45, 2.75) is 4.90 Å². The normalized spacial score (nSPS) is 11.4. The molecule has 0 saturated heterocycles. The van der Waals surface area contributed by atoms with Crippen molar-refractivity contribution in [1.29, 1.82) is 0 Å². The summed E-state index contributed by atoms with van der Waals surface area (Å²) in [6.45, 7) is 0. The van der Waals surface area contributed by atoms with E-state index in [1.54, 1.807) is 36.4 Å². The number of sulfonamides is 1. The van der Waals surface area contributed by atoms with Crippen LogP contribution < -0.4 is 14.8 Å². The fourth-order valence-corrected chi connectivity index (χ4v) is 5.48. The van der Waals surface area contributed by atoms with E-state index in [4.69, 9.17) is 4.74 Å². The molecule has 0 aliphatic heterocycles. The summed E-state index contributed by atoms with van der Waals surface area (Å²) in [6, 6.07) is 24.3. The molecule has 0 aliphatic carbocycles. The number of nitrogens with one attached hydrogen (secondary N) is 2. The van der Waals surface area contributed by atoms with Gasteiger partial charge in [0.15, 0.2) is 5.13 Å². The Bertz CT molecular complexity index is 1610. The lowest BCUT2D eigenvalue weighted by molar-refractivity contribution is 0.102. The minimum atomic E-state index is -3.77. The van der Waals surface area contributed by atoms with Gasteiger partial charge in [0.05, 0.1) is 22.2 Å². The molecule has 0 fully saturated rings. The first-order valence-electron chi connectivity index (χ1n) is 10.3. The number of ether oxygens (including phenoxy) is 1. The molecule has 0 unspecified atom stereocenters. The van der Waals surface area contributed by atoms with E-state index in [2.05, 4.69) is 15.0 Å². The molecule has 0 bridgehead atoms. The zero-order valence-corrected chi connectivity index (χ0v) is 19.6. The molecule has 9 heteroatoms. The van der Waals surface area contributed by atoms with Crippen LogP contribution in [-0.4, -0.2) is 26.4 Å². The molecule has 34 heavy (non-hydrogen) atoms. The van der Waals surface area contributed by atoms with E-state index in [-0.39, 0.29) is 10.8 Å². The highest BCUT2D eigenvalue weighted by atomic mass is 32.2. The topological polar surface area (TPSA) is 97.4 Å². The third kappa shape index (κ3) is 4.30. The number of fused-ring (bicyclic) bond motifs is 3. The van der Waals surface area contributed by atoms with Crippen molar-refractivity contribution < 1.29 is 17.9 Å². The van der Waals surface area contributed by atoms with Gasteiger partial charge in [-0.1, -0.05) is 41.7 Å². The molecule has 0 spiro atoms. The number of amides is 1. The number of rotatable bonds is 6. The van der Waals surface area contributed by atoms with Crippen LogP contribution in [-0.2, 0) is 10.0 Å². The molecule has 1 aromatic heterocycles. The first-order chi connectivity index (χ1) is 16.4. The van der Waals surface area contributed by atoms with Gasteiger partial charge in [0.25, 0.3) is 15.9 Å². The van der Waals surface area contributed by atoms with Crippen LogP contribution in [0.1, 0.15) is 10.4 Å². The Kier molecular flexibility index (Phi) is 5.64. The Labute approximate surface area is 200 Å². The SMILES string of the molecule is COc1ccc(S(=O)(=O)Nc2ccc(C(=O)Nc3nc4c(ccc5ccccc54)s3)cc2)cc1. The van der Waals surface area contributed by atoms with Crippen LogP contribution >= 0.6 is 11.3 Å². The monoisotopic (exact) mass is 489 g/mol. The van der Waals surface area contributed by atoms with E-state index in [1.165, 1.54) is 30.6 Å².